The Bertz CT molecular complexity index is 1190. The summed E-state index contributed by atoms with van der Waals surface area (Å²) in [4.78, 5) is 6.04. The molecule has 28 heavy (non-hydrogen) atoms. The molecule has 1 aliphatic rings. The second kappa shape index (κ2) is 6.39. The van der Waals surface area contributed by atoms with Crippen LogP contribution in [0, 0.1) is 0 Å². The average molecular weight is 383 g/mol. The Morgan fingerprint density at radius 3 is 2.39 bits per heavy atom. The van der Waals surface area contributed by atoms with Crippen molar-refractivity contribution in [3.63, 3.8) is 0 Å². The van der Waals surface area contributed by atoms with E-state index < -0.39 is 0 Å². The van der Waals surface area contributed by atoms with E-state index in [-0.39, 0.29) is 5.41 Å². The Balaban J connectivity index is 1.77. The standard InChI is InChI=1S/C25H22N2S/c1-25(2)20-12-5-4-9-17(20)18-10-8-11-19(23(18)25)24-26-15-16-27(24)21-13-6-7-14-22(21)28-3/h4-16H,1-3H3. The van der Waals surface area contributed by atoms with Crippen LogP contribution in [0.1, 0.15) is 25.0 Å². The predicted octanol–water partition coefficient (Wildman–Crippen LogP) is 6.57. The van der Waals surface area contributed by atoms with Gasteiger partial charge in [-0.2, -0.15) is 0 Å². The smallest absolute Gasteiger partial charge is 0.144 e. The highest BCUT2D eigenvalue weighted by Crippen LogP contribution is 2.51. The summed E-state index contributed by atoms with van der Waals surface area (Å²) in [5.74, 6) is 0.999. The van der Waals surface area contributed by atoms with E-state index in [1.165, 1.54) is 38.4 Å². The van der Waals surface area contributed by atoms with Crippen molar-refractivity contribution in [2.75, 3.05) is 6.26 Å². The monoisotopic (exact) mass is 382 g/mol. The largest absolute Gasteiger partial charge is 0.299 e. The molecule has 1 aliphatic carbocycles. The zero-order valence-corrected chi connectivity index (χ0v) is 17.1. The van der Waals surface area contributed by atoms with Crippen molar-refractivity contribution in [1.29, 1.82) is 0 Å². The minimum atomic E-state index is -0.0572. The lowest BCUT2D eigenvalue weighted by atomic mass is 9.80. The molecule has 0 unspecified atom stereocenters. The quantitative estimate of drug-likeness (QED) is 0.373. The van der Waals surface area contributed by atoms with Crippen molar-refractivity contribution in [2.24, 2.45) is 0 Å². The minimum Gasteiger partial charge on any atom is -0.299 e. The van der Waals surface area contributed by atoms with E-state index in [1.54, 1.807) is 11.8 Å². The van der Waals surface area contributed by atoms with Crippen molar-refractivity contribution in [1.82, 2.24) is 9.55 Å². The van der Waals surface area contributed by atoms with Gasteiger partial charge in [-0.25, -0.2) is 4.98 Å². The molecule has 5 rings (SSSR count). The number of hydrogen-bond donors (Lipinski definition) is 0. The number of aromatic nitrogens is 2. The molecule has 4 aromatic rings. The Kier molecular flexibility index (Phi) is 3.95. The van der Waals surface area contributed by atoms with Crippen LogP contribution < -0.4 is 0 Å². The fourth-order valence-electron chi connectivity index (χ4n) is 4.56. The summed E-state index contributed by atoms with van der Waals surface area (Å²) >= 11 is 1.76. The van der Waals surface area contributed by atoms with Crippen LogP contribution in [0.25, 0.3) is 28.2 Å². The number of benzene rings is 3. The van der Waals surface area contributed by atoms with Gasteiger partial charge in [0.2, 0.25) is 0 Å². The molecule has 0 amide bonds. The highest BCUT2D eigenvalue weighted by atomic mass is 32.2. The molecule has 2 nitrogen and oxygen atoms in total. The Morgan fingerprint density at radius 1 is 0.821 bits per heavy atom. The minimum absolute atomic E-state index is 0.0572. The third kappa shape index (κ3) is 2.39. The fourth-order valence-corrected chi connectivity index (χ4v) is 5.15. The van der Waals surface area contributed by atoms with Gasteiger partial charge < -0.3 is 0 Å². The van der Waals surface area contributed by atoms with Crippen LogP contribution in [0.15, 0.2) is 84.0 Å². The third-order valence-electron chi connectivity index (χ3n) is 5.81. The maximum absolute atomic E-state index is 4.80. The van der Waals surface area contributed by atoms with Crippen molar-refractivity contribution in [2.45, 2.75) is 24.2 Å². The first-order valence-electron chi connectivity index (χ1n) is 9.53. The first-order chi connectivity index (χ1) is 13.6. The summed E-state index contributed by atoms with van der Waals surface area (Å²) in [5.41, 5.74) is 7.74. The van der Waals surface area contributed by atoms with E-state index in [4.69, 9.17) is 4.98 Å². The first-order valence-corrected chi connectivity index (χ1v) is 10.8. The second-order valence-corrected chi connectivity index (χ2v) is 8.54. The lowest BCUT2D eigenvalue weighted by molar-refractivity contribution is 0.661. The Hall–Kier alpha value is -2.78. The molecule has 0 aliphatic heterocycles. The molecular formula is C25H22N2S. The first kappa shape index (κ1) is 17.3. The molecule has 0 fully saturated rings. The average Bonchev–Trinajstić information content (AvgIpc) is 3.30. The summed E-state index contributed by atoms with van der Waals surface area (Å²) in [7, 11) is 0. The molecule has 0 saturated carbocycles. The van der Waals surface area contributed by atoms with Gasteiger partial charge in [0.25, 0.3) is 0 Å². The van der Waals surface area contributed by atoms with Crippen molar-refractivity contribution in [3.05, 3.63) is 90.3 Å². The van der Waals surface area contributed by atoms with Gasteiger partial charge in [0.1, 0.15) is 5.82 Å². The van der Waals surface area contributed by atoms with Gasteiger partial charge in [-0.15, -0.1) is 11.8 Å². The molecule has 1 heterocycles. The maximum atomic E-state index is 4.80. The molecule has 0 atom stereocenters. The Labute approximate surface area is 170 Å². The van der Waals surface area contributed by atoms with Gasteiger partial charge in [0, 0.05) is 28.3 Å². The van der Waals surface area contributed by atoms with Crippen LogP contribution in [-0.4, -0.2) is 15.8 Å². The highest BCUT2D eigenvalue weighted by molar-refractivity contribution is 7.98. The molecular weight excluding hydrogens is 360 g/mol. The molecule has 0 spiro atoms. The highest BCUT2D eigenvalue weighted by Gasteiger charge is 2.37. The number of rotatable bonds is 3. The van der Waals surface area contributed by atoms with Crippen molar-refractivity contribution in [3.8, 4) is 28.2 Å². The molecule has 3 aromatic carbocycles. The van der Waals surface area contributed by atoms with Crippen molar-refractivity contribution >= 4 is 11.8 Å². The van der Waals surface area contributed by atoms with Crippen LogP contribution in [0.4, 0.5) is 0 Å². The normalized spacial score (nSPS) is 14.0. The molecule has 0 bridgehead atoms. The van der Waals surface area contributed by atoms with Crippen molar-refractivity contribution < 1.29 is 0 Å². The van der Waals surface area contributed by atoms with E-state index in [0.717, 1.165) is 5.82 Å². The molecule has 0 radical (unpaired) electrons. The molecule has 0 saturated heterocycles. The van der Waals surface area contributed by atoms with E-state index in [1.807, 2.05) is 6.20 Å². The lowest BCUT2D eigenvalue weighted by Crippen LogP contribution is -2.17. The summed E-state index contributed by atoms with van der Waals surface area (Å²) in [6.07, 6.45) is 6.09. The second-order valence-electron chi connectivity index (χ2n) is 7.69. The van der Waals surface area contributed by atoms with Gasteiger partial charge >= 0.3 is 0 Å². The zero-order valence-electron chi connectivity index (χ0n) is 16.3. The van der Waals surface area contributed by atoms with Gasteiger partial charge in [0.15, 0.2) is 0 Å². The SMILES string of the molecule is CSc1ccccc1-n1ccnc1-c1cccc2c1C(C)(C)c1ccccc1-2. The number of nitrogens with zero attached hydrogens (tertiary/aromatic N) is 2. The summed E-state index contributed by atoms with van der Waals surface area (Å²) in [6, 6.07) is 23.9. The number of hydrogen-bond acceptors (Lipinski definition) is 2. The molecule has 1 aromatic heterocycles. The third-order valence-corrected chi connectivity index (χ3v) is 6.59. The van der Waals surface area contributed by atoms with Crippen LogP contribution in [0.5, 0.6) is 0 Å². The van der Waals surface area contributed by atoms with E-state index in [0.29, 0.717) is 0 Å². The van der Waals surface area contributed by atoms with Gasteiger partial charge in [-0.1, -0.05) is 68.4 Å². The van der Waals surface area contributed by atoms with Crippen LogP contribution >= 0.6 is 11.8 Å². The van der Waals surface area contributed by atoms with Crippen LogP contribution in [-0.2, 0) is 5.41 Å². The molecule has 0 N–H and O–H groups in total. The van der Waals surface area contributed by atoms with Gasteiger partial charge in [-0.05, 0) is 40.6 Å². The number of para-hydroxylation sites is 1. The predicted molar refractivity (Wildman–Crippen MR) is 118 cm³/mol. The number of fused-ring (bicyclic) bond motifs is 3. The fraction of sp³-hybridized carbons (Fsp3) is 0.160. The summed E-state index contributed by atoms with van der Waals surface area (Å²) in [5, 5.41) is 0. The maximum Gasteiger partial charge on any atom is 0.144 e. The summed E-state index contributed by atoms with van der Waals surface area (Å²) < 4.78 is 2.22. The number of thioether (sulfide) groups is 1. The zero-order chi connectivity index (χ0) is 19.3. The molecule has 3 heteroatoms. The van der Waals surface area contributed by atoms with Crippen LogP contribution in [0.2, 0.25) is 0 Å². The van der Waals surface area contributed by atoms with Gasteiger partial charge in [-0.3, -0.25) is 4.57 Å². The van der Waals surface area contributed by atoms with Crippen LogP contribution in [0.3, 0.4) is 0 Å². The molecule has 138 valence electrons. The van der Waals surface area contributed by atoms with E-state index >= 15 is 0 Å². The Morgan fingerprint density at radius 2 is 1.54 bits per heavy atom. The topological polar surface area (TPSA) is 17.8 Å². The lowest BCUT2D eigenvalue weighted by Gasteiger charge is -2.24. The van der Waals surface area contributed by atoms with E-state index in [9.17, 15) is 0 Å². The number of imidazole rings is 1. The van der Waals surface area contributed by atoms with E-state index in [2.05, 4.69) is 97.6 Å². The van der Waals surface area contributed by atoms with Gasteiger partial charge in [0.05, 0.1) is 5.69 Å². The summed E-state index contributed by atoms with van der Waals surface area (Å²) in [6.45, 7) is 4.65.